The van der Waals surface area contributed by atoms with Crippen LogP contribution in [0.2, 0.25) is 0 Å². The van der Waals surface area contributed by atoms with Crippen LogP contribution in [-0.4, -0.2) is 54.2 Å². The predicted octanol–water partition coefficient (Wildman–Crippen LogP) is 4.02. The van der Waals surface area contributed by atoms with Gasteiger partial charge in [-0.1, -0.05) is 48.5 Å². The Morgan fingerprint density at radius 2 is 1.67 bits per heavy atom. The molecule has 7 heteroatoms. The number of fused-ring (bicyclic) bond motifs is 3. The van der Waals surface area contributed by atoms with Gasteiger partial charge < -0.3 is 20.1 Å². The van der Waals surface area contributed by atoms with E-state index in [2.05, 4.69) is 29.6 Å². The van der Waals surface area contributed by atoms with Crippen molar-refractivity contribution in [2.75, 3.05) is 26.2 Å². The zero-order chi connectivity index (χ0) is 23.2. The summed E-state index contributed by atoms with van der Waals surface area (Å²) in [7, 11) is 0. The third kappa shape index (κ3) is 5.53. The number of carbonyl (C=O) groups excluding carboxylic acids is 2. The van der Waals surface area contributed by atoms with Gasteiger partial charge in [0.1, 0.15) is 6.61 Å². The Balaban J connectivity index is 1.17. The van der Waals surface area contributed by atoms with E-state index in [1.807, 2.05) is 24.3 Å². The normalized spacial score (nSPS) is 16.8. The number of nitrogens with one attached hydrogen (secondary N) is 1. The van der Waals surface area contributed by atoms with Crippen molar-refractivity contribution in [3.05, 3.63) is 59.7 Å². The van der Waals surface area contributed by atoms with Crippen LogP contribution >= 0.6 is 0 Å². The molecular weight excluding hydrogens is 420 g/mol. The summed E-state index contributed by atoms with van der Waals surface area (Å²) in [5, 5.41) is 11.5. The lowest BCUT2D eigenvalue weighted by Crippen LogP contribution is -2.31. The molecule has 1 heterocycles. The van der Waals surface area contributed by atoms with Crippen LogP contribution in [0, 0.1) is 5.92 Å². The molecule has 1 atom stereocenters. The van der Waals surface area contributed by atoms with Gasteiger partial charge in [0.05, 0.1) is 0 Å². The second-order valence-electron chi connectivity index (χ2n) is 8.78. The molecule has 1 unspecified atom stereocenters. The van der Waals surface area contributed by atoms with Gasteiger partial charge in [0.2, 0.25) is 5.91 Å². The van der Waals surface area contributed by atoms with E-state index < -0.39 is 12.1 Å². The highest BCUT2D eigenvalue weighted by atomic mass is 16.5. The number of likely N-dealkylation sites (tertiary alicyclic amines) is 1. The number of carboxylic acid groups (broad SMARTS) is 1. The molecule has 1 saturated heterocycles. The SMILES string of the molecule is O=C(O)CCC1CCN(C(=O)CCCNC(=O)OCC2c3ccccc3-c3ccccc32)C1. The van der Waals surface area contributed by atoms with Gasteiger partial charge >= 0.3 is 12.1 Å². The van der Waals surface area contributed by atoms with Crippen molar-refractivity contribution in [3.8, 4) is 11.1 Å². The minimum Gasteiger partial charge on any atom is -0.481 e. The first-order chi connectivity index (χ1) is 16.0. The lowest BCUT2D eigenvalue weighted by molar-refractivity contribution is -0.137. The number of hydrogen-bond donors (Lipinski definition) is 2. The van der Waals surface area contributed by atoms with Gasteiger partial charge in [-0.05, 0) is 47.4 Å². The highest BCUT2D eigenvalue weighted by Gasteiger charge is 2.29. The molecule has 1 aliphatic heterocycles. The molecule has 7 nitrogen and oxygen atoms in total. The number of alkyl carbamates (subject to hydrolysis) is 1. The molecule has 2 aliphatic rings. The summed E-state index contributed by atoms with van der Waals surface area (Å²) in [6, 6.07) is 16.4. The Morgan fingerprint density at radius 3 is 2.33 bits per heavy atom. The second-order valence-corrected chi connectivity index (χ2v) is 8.78. The van der Waals surface area contributed by atoms with Crippen LogP contribution in [0.4, 0.5) is 4.79 Å². The summed E-state index contributed by atoms with van der Waals surface area (Å²) in [5.74, 6) is -0.445. The van der Waals surface area contributed by atoms with E-state index in [1.54, 1.807) is 4.90 Å². The van der Waals surface area contributed by atoms with E-state index in [0.717, 1.165) is 6.42 Å². The number of amides is 2. The molecule has 0 bridgehead atoms. The number of carbonyl (C=O) groups is 3. The molecule has 33 heavy (non-hydrogen) atoms. The maximum atomic E-state index is 12.4. The molecular formula is C26H30N2O5. The molecule has 2 N–H and O–H groups in total. The number of benzene rings is 2. The average Bonchev–Trinajstić information content (AvgIpc) is 3.42. The summed E-state index contributed by atoms with van der Waals surface area (Å²) >= 11 is 0. The number of rotatable bonds is 9. The van der Waals surface area contributed by atoms with Gasteiger partial charge in [0, 0.05) is 38.4 Å². The summed E-state index contributed by atoms with van der Waals surface area (Å²) < 4.78 is 5.51. The molecule has 1 fully saturated rings. The Bertz CT molecular complexity index is 976. The summed E-state index contributed by atoms with van der Waals surface area (Å²) in [6.45, 7) is 1.96. The lowest BCUT2D eigenvalue weighted by Gasteiger charge is -2.17. The van der Waals surface area contributed by atoms with Gasteiger partial charge in [0.15, 0.2) is 0 Å². The molecule has 174 valence electrons. The Hall–Kier alpha value is -3.35. The zero-order valence-electron chi connectivity index (χ0n) is 18.7. The van der Waals surface area contributed by atoms with Crippen molar-refractivity contribution in [1.29, 1.82) is 0 Å². The third-order valence-corrected chi connectivity index (χ3v) is 6.59. The smallest absolute Gasteiger partial charge is 0.407 e. The van der Waals surface area contributed by atoms with Crippen molar-refractivity contribution in [3.63, 3.8) is 0 Å². The minimum atomic E-state index is -0.793. The Morgan fingerprint density at radius 1 is 1.00 bits per heavy atom. The largest absolute Gasteiger partial charge is 0.481 e. The molecule has 0 spiro atoms. The first kappa shape index (κ1) is 22.8. The summed E-state index contributed by atoms with van der Waals surface area (Å²) in [6.07, 6.45) is 2.05. The van der Waals surface area contributed by atoms with Crippen LogP contribution in [0.3, 0.4) is 0 Å². The van der Waals surface area contributed by atoms with Crippen LogP contribution < -0.4 is 5.32 Å². The molecule has 2 amide bonds. The van der Waals surface area contributed by atoms with E-state index in [0.29, 0.717) is 38.9 Å². The average molecular weight is 451 g/mol. The quantitative estimate of drug-likeness (QED) is 0.563. The van der Waals surface area contributed by atoms with Gasteiger partial charge in [-0.2, -0.15) is 0 Å². The number of aliphatic carboxylic acids is 1. The standard InChI is InChI=1S/C26H30N2O5/c29-24(28-15-13-18(16-28)11-12-25(30)31)10-5-14-27-26(32)33-17-23-21-8-3-1-6-19(21)20-7-2-4-9-22(20)23/h1-4,6-9,18,23H,5,10-17H2,(H,27,32)(H,30,31). The summed E-state index contributed by atoms with van der Waals surface area (Å²) in [4.78, 5) is 37.1. The van der Waals surface area contributed by atoms with E-state index in [1.165, 1.54) is 22.3 Å². The van der Waals surface area contributed by atoms with Crippen molar-refractivity contribution in [1.82, 2.24) is 10.2 Å². The van der Waals surface area contributed by atoms with Crippen LogP contribution in [0.25, 0.3) is 11.1 Å². The van der Waals surface area contributed by atoms with Gasteiger partial charge in [-0.15, -0.1) is 0 Å². The third-order valence-electron chi connectivity index (χ3n) is 6.59. The zero-order valence-corrected chi connectivity index (χ0v) is 18.7. The maximum Gasteiger partial charge on any atom is 0.407 e. The van der Waals surface area contributed by atoms with Crippen LogP contribution in [0.1, 0.15) is 49.1 Å². The molecule has 0 saturated carbocycles. The number of carboxylic acids is 1. The highest BCUT2D eigenvalue weighted by Crippen LogP contribution is 2.44. The summed E-state index contributed by atoms with van der Waals surface area (Å²) in [5.41, 5.74) is 4.72. The Kier molecular flexibility index (Phi) is 7.27. The number of nitrogens with zero attached hydrogens (tertiary/aromatic N) is 1. The second kappa shape index (κ2) is 10.5. The van der Waals surface area contributed by atoms with Crippen molar-refractivity contribution >= 4 is 18.0 Å². The van der Waals surface area contributed by atoms with E-state index in [9.17, 15) is 14.4 Å². The van der Waals surface area contributed by atoms with E-state index >= 15 is 0 Å². The van der Waals surface area contributed by atoms with Crippen LogP contribution in [0.15, 0.2) is 48.5 Å². The Labute approximate surface area is 193 Å². The van der Waals surface area contributed by atoms with Crippen molar-refractivity contribution in [2.24, 2.45) is 5.92 Å². The minimum absolute atomic E-state index is 0.0222. The monoisotopic (exact) mass is 450 g/mol. The van der Waals surface area contributed by atoms with Gasteiger partial charge in [0.25, 0.3) is 0 Å². The molecule has 0 aromatic heterocycles. The van der Waals surface area contributed by atoms with Crippen LogP contribution in [-0.2, 0) is 14.3 Å². The van der Waals surface area contributed by atoms with Crippen molar-refractivity contribution < 1.29 is 24.2 Å². The molecule has 2 aromatic rings. The fourth-order valence-corrected chi connectivity index (χ4v) is 4.86. The number of ether oxygens (including phenoxy) is 1. The fraction of sp³-hybridized carbons (Fsp3) is 0.423. The van der Waals surface area contributed by atoms with E-state index in [4.69, 9.17) is 9.84 Å². The maximum absolute atomic E-state index is 12.4. The molecule has 1 aliphatic carbocycles. The fourth-order valence-electron chi connectivity index (χ4n) is 4.86. The van der Waals surface area contributed by atoms with Crippen molar-refractivity contribution in [2.45, 2.75) is 38.0 Å². The molecule has 0 radical (unpaired) electrons. The first-order valence-electron chi connectivity index (χ1n) is 11.6. The van der Waals surface area contributed by atoms with E-state index in [-0.39, 0.29) is 30.8 Å². The lowest BCUT2D eigenvalue weighted by atomic mass is 9.98. The van der Waals surface area contributed by atoms with Gasteiger partial charge in [-0.25, -0.2) is 4.79 Å². The van der Waals surface area contributed by atoms with Gasteiger partial charge in [-0.3, -0.25) is 9.59 Å². The number of hydrogen-bond acceptors (Lipinski definition) is 4. The predicted molar refractivity (Wildman–Crippen MR) is 124 cm³/mol. The van der Waals surface area contributed by atoms with Crippen LogP contribution in [0.5, 0.6) is 0 Å². The topological polar surface area (TPSA) is 95.9 Å². The highest BCUT2D eigenvalue weighted by molar-refractivity contribution is 5.79. The molecule has 2 aromatic carbocycles. The molecule has 4 rings (SSSR count). The first-order valence-corrected chi connectivity index (χ1v) is 11.6.